The van der Waals surface area contributed by atoms with Crippen molar-refractivity contribution in [3.63, 3.8) is 0 Å². The molecule has 6 heteroatoms. The molecule has 2 aromatic rings. The van der Waals surface area contributed by atoms with E-state index >= 15 is 0 Å². The lowest BCUT2D eigenvalue weighted by Gasteiger charge is -2.29. The van der Waals surface area contributed by atoms with E-state index in [4.69, 9.17) is 9.47 Å². The smallest absolute Gasteiger partial charge is 0.338 e. The fraction of sp³-hybridized carbons (Fsp3) is 0.273. The van der Waals surface area contributed by atoms with Crippen molar-refractivity contribution >= 4 is 17.7 Å². The van der Waals surface area contributed by atoms with E-state index in [0.29, 0.717) is 11.3 Å². The lowest BCUT2D eigenvalue weighted by atomic mass is 9.92. The van der Waals surface area contributed by atoms with Gasteiger partial charge in [-0.2, -0.15) is 0 Å². The summed E-state index contributed by atoms with van der Waals surface area (Å²) in [6, 6.07) is 15.6. The van der Waals surface area contributed by atoms with Gasteiger partial charge in [-0.05, 0) is 44.0 Å². The van der Waals surface area contributed by atoms with Gasteiger partial charge in [-0.15, -0.1) is 0 Å². The summed E-state index contributed by atoms with van der Waals surface area (Å²) in [4.78, 5) is 25.1. The Kier molecular flexibility index (Phi) is 5.99. The van der Waals surface area contributed by atoms with Gasteiger partial charge in [0.1, 0.15) is 5.75 Å². The average molecular weight is 380 g/mol. The van der Waals surface area contributed by atoms with E-state index < -0.39 is 12.0 Å². The van der Waals surface area contributed by atoms with Crippen LogP contribution in [0.3, 0.4) is 0 Å². The zero-order valence-electron chi connectivity index (χ0n) is 16.2. The molecular weight excluding hydrogens is 356 g/mol. The molecule has 2 N–H and O–H groups in total. The minimum atomic E-state index is -0.629. The van der Waals surface area contributed by atoms with Crippen molar-refractivity contribution in [2.75, 3.05) is 6.61 Å². The number of ether oxygens (including phenoxy) is 2. The van der Waals surface area contributed by atoms with E-state index in [1.165, 1.54) is 0 Å². The zero-order chi connectivity index (χ0) is 20.1. The third kappa shape index (κ3) is 4.34. The predicted octanol–water partition coefficient (Wildman–Crippen LogP) is 3.80. The van der Waals surface area contributed by atoms with Crippen molar-refractivity contribution < 1.29 is 19.1 Å². The zero-order valence-corrected chi connectivity index (χ0v) is 16.2. The van der Waals surface area contributed by atoms with Gasteiger partial charge >= 0.3 is 12.0 Å². The summed E-state index contributed by atoms with van der Waals surface area (Å²) in [5, 5.41) is 5.60. The van der Waals surface area contributed by atoms with Crippen molar-refractivity contribution in [3.8, 4) is 5.75 Å². The van der Waals surface area contributed by atoms with Gasteiger partial charge in [0.05, 0.1) is 30.0 Å². The van der Waals surface area contributed by atoms with E-state index in [1.54, 1.807) is 6.92 Å². The van der Waals surface area contributed by atoms with Gasteiger partial charge in [-0.3, -0.25) is 0 Å². The van der Waals surface area contributed by atoms with Crippen molar-refractivity contribution in [2.24, 2.45) is 0 Å². The van der Waals surface area contributed by atoms with Gasteiger partial charge in [0.2, 0.25) is 0 Å². The van der Waals surface area contributed by atoms with Crippen LogP contribution in [-0.4, -0.2) is 24.7 Å². The molecule has 1 atom stereocenters. The van der Waals surface area contributed by atoms with Crippen LogP contribution in [0.5, 0.6) is 5.75 Å². The first-order chi connectivity index (χ1) is 13.5. The third-order valence-corrected chi connectivity index (χ3v) is 4.22. The highest BCUT2D eigenvalue weighted by Gasteiger charge is 2.34. The van der Waals surface area contributed by atoms with Crippen LogP contribution in [0.1, 0.15) is 37.9 Å². The van der Waals surface area contributed by atoms with Gasteiger partial charge in [0, 0.05) is 0 Å². The van der Waals surface area contributed by atoms with Gasteiger partial charge in [0.15, 0.2) is 0 Å². The number of esters is 1. The summed E-state index contributed by atoms with van der Waals surface area (Å²) in [6.45, 7) is 5.90. The highest BCUT2D eigenvalue weighted by molar-refractivity contribution is 6.04. The maximum Gasteiger partial charge on any atom is 0.338 e. The van der Waals surface area contributed by atoms with Crippen molar-refractivity contribution in [1.29, 1.82) is 0 Å². The Hall–Kier alpha value is -3.28. The second kappa shape index (κ2) is 8.61. The summed E-state index contributed by atoms with van der Waals surface area (Å²) >= 11 is 0. The fourth-order valence-corrected chi connectivity index (χ4v) is 3.09. The number of hydrogen-bond acceptors (Lipinski definition) is 4. The maximum atomic E-state index is 12.8. The van der Waals surface area contributed by atoms with E-state index in [2.05, 4.69) is 10.6 Å². The first-order valence-corrected chi connectivity index (χ1v) is 9.30. The number of hydrogen-bond donors (Lipinski definition) is 2. The van der Waals surface area contributed by atoms with Crippen molar-refractivity contribution in [1.82, 2.24) is 10.6 Å². The molecule has 0 spiro atoms. The molecule has 146 valence electrons. The number of carbonyl (C=O) groups is 2. The van der Waals surface area contributed by atoms with Crippen LogP contribution in [0.4, 0.5) is 4.79 Å². The molecule has 2 aromatic carbocycles. The number of urea groups is 1. The van der Waals surface area contributed by atoms with Gasteiger partial charge in [-0.1, -0.05) is 42.5 Å². The minimum Gasteiger partial charge on any atom is -0.491 e. The molecule has 1 aliphatic heterocycles. The summed E-state index contributed by atoms with van der Waals surface area (Å²) in [7, 11) is 0. The molecule has 2 amide bonds. The van der Waals surface area contributed by atoms with Crippen LogP contribution in [0.2, 0.25) is 0 Å². The lowest BCUT2D eigenvalue weighted by Crippen LogP contribution is -2.45. The van der Waals surface area contributed by atoms with Crippen LogP contribution in [0.25, 0.3) is 5.70 Å². The van der Waals surface area contributed by atoms with E-state index in [9.17, 15) is 9.59 Å². The molecule has 0 radical (unpaired) electrons. The molecule has 28 heavy (non-hydrogen) atoms. The predicted molar refractivity (Wildman–Crippen MR) is 107 cm³/mol. The summed E-state index contributed by atoms with van der Waals surface area (Å²) in [5.41, 5.74) is 2.33. The highest BCUT2D eigenvalue weighted by atomic mass is 16.5. The molecular formula is C22H24N2O4. The summed E-state index contributed by atoms with van der Waals surface area (Å²) in [6.07, 6.45) is 0.0594. The number of benzene rings is 2. The molecule has 1 heterocycles. The molecule has 0 saturated carbocycles. The number of carbonyl (C=O) groups excluding carboxylic acids is 2. The van der Waals surface area contributed by atoms with Crippen molar-refractivity contribution in [3.05, 3.63) is 71.3 Å². The quantitative estimate of drug-likeness (QED) is 0.748. The standard InChI is InChI=1S/C22H24N2O4/c1-4-27-21(25)18-19(15-8-6-5-7-9-15)23-22(26)24-20(18)16-10-12-17(13-11-16)28-14(2)3/h5-14,20H,4H2,1-3H3,(H2,23,24,26). The number of nitrogens with one attached hydrogen (secondary N) is 2. The highest BCUT2D eigenvalue weighted by Crippen LogP contribution is 2.32. The molecule has 0 aromatic heterocycles. The molecule has 0 bridgehead atoms. The maximum absolute atomic E-state index is 12.8. The monoisotopic (exact) mass is 380 g/mol. The number of rotatable bonds is 6. The topological polar surface area (TPSA) is 76.7 Å². The Morgan fingerprint density at radius 1 is 1.07 bits per heavy atom. The average Bonchev–Trinajstić information content (AvgIpc) is 2.68. The van der Waals surface area contributed by atoms with Crippen LogP contribution in [0.15, 0.2) is 60.2 Å². The molecule has 0 fully saturated rings. The lowest BCUT2D eigenvalue weighted by molar-refractivity contribution is -0.138. The largest absolute Gasteiger partial charge is 0.491 e. The minimum absolute atomic E-state index is 0.0594. The van der Waals surface area contributed by atoms with E-state index in [0.717, 1.165) is 16.9 Å². The second-order valence-corrected chi connectivity index (χ2v) is 6.64. The van der Waals surface area contributed by atoms with Crippen LogP contribution in [0, 0.1) is 0 Å². The second-order valence-electron chi connectivity index (χ2n) is 6.64. The SMILES string of the molecule is CCOC(=O)C1=C(c2ccccc2)NC(=O)NC1c1ccc(OC(C)C)cc1. The first kappa shape index (κ1) is 19.5. The van der Waals surface area contributed by atoms with Gasteiger partial charge in [-0.25, -0.2) is 9.59 Å². The van der Waals surface area contributed by atoms with Crippen LogP contribution in [-0.2, 0) is 9.53 Å². The molecule has 0 saturated heterocycles. The summed E-state index contributed by atoms with van der Waals surface area (Å²) in [5.74, 6) is 0.255. The van der Waals surface area contributed by atoms with Crippen LogP contribution < -0.4 is 15.4 Å². The Morgan fingerprint density at radius 2 is 1.75 bits per heavy atom. The first-order valence-electron chi connectivity index (χ1n) is 9.30. The van der Waals surface area contributed by atoms with E-state index in [-0.39, 0.29) is 18.7 Å². The van der Waals surface area contributed by atoms with Crippen LogP contribution >= 0.6 is 0 Å². The molecule has 1 unspecified atom stereocenters. The molecule has 0 aliphatic carbocycles. The normalized spacial score (nSPS) is 16.4. The molecule has 3 rings (SSSR count). The summed E-state index contributed by atoms with van der Waals surface area (Å²) < 4.78 is 11.0. The third-order valence-electron chi connectivity index (χ3n) is 4.22. The van der Waals surface area contributed by atoms with E-state index in [1.807, 2.05) is 68.4 Å². The Morgan fingerprint density at radius 3 is 2.36 bits per heavy atom. The fourth-order valence-electron chi connectivity index (χ4n) is 3.09. The molecule has 6 nitrogen and oxygen atoms in total. The van der Waals surface area contributed by atoms with Gasteiger partial charge in [0.25, 0.3) is 0 Å². The Bertz CT molecular complexity index is 873. The molecule has 1 aliphatic rings. The Balaban J connectivity index is 2.06. The van der Waals surface area contributed by atoms with Gasteiger partial charge < -0.3 is 20.1 Å². The van der Waals surface area contributed by atoms with Crippen molar-refractivity contribution in [2.45, 2.75) is 32.9 Å². The Labute approximate surface area is 164 Å². The number of amides is 2.